The van der Waals surface area contributed by atoms with Crippen LogP contribution >= 0.6 is 23.1 Å². The first kappa shape index (κ1) is 21.1. The molecule has 0 saturated heterocycles. The van der Waals surface area contributed by atoms with E-state index in [1.54, 1.807) is 34.5 Å². The Morgan fingerprint density at radius 1 is 1.14 bits per heavy atom. The summed E-state index contributed by atoms with van der Waals surface area (Å²) in [6.45, 7) is 6.29. The maximum Gasteiger partial charge on any atom is 0.308 e. The normalized spacial score (nSPS) is 12.1. The molecule has 0 atom stereocenters. The number of hydrogen-bond acceptors (Lipinski definition) is 5. The number of sulfonamides is 1. The summed E-state index contributed by atoms with van der Waals surface area (Å²) in [7, 11) is -3.59. The first-order valence-electron chi connectivity index (χ1n) is 9.06. The van der Waals surface area contributed by atoms with Crippen molar-refractivity contribution < 1.29 is 8.42 Å². The number of aromatic nitrogens is 1. The summed E-state index contributed by atoms with van der Waals surface area (Å²) in [6, 6.07) is 13.2. The van der Waals surface area contributed by atoms with Crippen LogP contribution in [0, 0.1) is 6.92 Å². The summed E-state index contributed by atoms with van der Waals surface area (Å²) in [5.74, 6) is 1.54. The lowest BCUT2D eigenvalue weighted by atomic mass is 10.2. The maximum absolute atomic E-state index is 12.6. The molecule has 8 heteroatoms. The monoisotopic (exact) mass is 436 g/mol. The van der Waals surface area contributed by atoms with Gasteiger partial charge in [-0.15, -0.1) is 0 Å². The van der Waals surface area contributed by atoms with Crippen LogP contribution in [0.4, 0.5) is 0 Å². The van der Waals surface area contributed by atoms with E-state index in [1.165, 1.54) is 11.1 Å². The lowest BCUT2D eigenvalue weighted by Gasteiger charge is -2.09. The Labute approximate surface area is 173 Å². The number of thiazole rings is 1. The van der Waals surface area contributed by atoms with Crippen molar-refractivity contribution in [2.75, 3.05) is 12.3 Å². The predicted octanol–water partition coefficient (Wildman–Crippen LogP) is 4.16. The molecule has 0 aliphatic heterocycles. The highest BCUT2D eigenvalue weighted by Gasteiger charge is 2.17. The highest BCUT2D eigenvalue weighted by Crippen LogP contribution is 2.24. The molecule has 0 amide bonds. The second-order valence-corrected chi connectivity index (χ2v) is 10.8. The summed E-state index contributed by atoms with van der Waals surface area (Å²) < 4.78 is 30.2. The van der Waals surface area contributed by atoms with Gasteiger partial charge in [-0.25, -0.2) is 13.1 Å². The molecule has 0 bridgehead atoms. The Hall–Kier alpha value is -1.61. The Morgan fingerprint density at radius 3 is 2.54 bits per heavy atom. The van der Waals surface area contributed by atoms with E-state index in [4.69, 9.17) is 0 Å². The number of thioether (sulfide) groups is 1. The molecule has 0 radical (unpaired) electrons. The number of fused-ring (bicyclic) bond motifs is 1. The van der Waals surface area contributed by atoms with Crippen LogP contribution in [0.25, 0.3) is 10.2 Å². The highest BCUT2D eigenvalue weighted by atomic mass is 32.2. The quantitative estimate of drug-likeness (QED) is 0.538. The van der Waals surface area contributed by atoms with E-state index in [0.717, 1.165) is 22.6 Å². The summed E-state index contributed by atoms with van der Waals surface area (Å²) in [5, 5.41) is 0. The molecule has 1 aromatic heterocycles. The van der Waals surface area contributed by atoms with Crippen molar-refractivity contribution in [3.05, 3.63) is 63.3 Å². The highest BCUT2D eigenvalue weighted by molar-refractivity contribution is 7.98. The zero-order valence-corrected chi connectivity index (χ0v) is 18.6. The van der Waals surface area contributed by atoms with Gasteiger partial charge >= 0.3 is 4.87 Å². The summed E-state index contributed by atoms with van der Waals surface area (Å²) in [6.07, 6.45) is 0. The van der Waals surface area contributed by atoms with Gasteiger partial charge in [-0.1, -0.05) is 41.2 Å². The van der Waals surface area contributed by atoms with Crippen LogP contribution in [0.2, 0.25) is 0 Å². The van der Waals surface area contributed by atoms with Crippen LogP contribution in [-0.2, 0) is 15.8 Å². The van der Waals surface area contributed by atoms with Gasteiger partial charge in [-0.3, -0.25) is 9.36 Å². The molecular formula is C20H24N2O3S3. The minimum absolute atomic E-state index is 0.0346. The zero-order chi connectivity index (χ0) is 20.3. The summed E-state index contributed by atoms with van der Waals surface area (Å²) in [4.78, 5) is 12.3. The van der Waals surface area contributed by atoms with Crippen LogP contribution in [0.15, 0.2) is 52.2 Å². The first-order valence-corrected chi connectivity index (χ1v) is 12.5. The molecule has 1 heterocycles. The fraction of sp³-hybridized carbons (Fsp3) is 0.350. The van der Waals surface area contributed by atoms with Crippen molar-refractivity contribution >= 4 is 43.3 Å². The van der Waals surface area contributed by atoms with Gasteiger partial charge < -0.3 is 0 Å². The first-order chi connectivity index (χ1) is 13.3. The van der Waals surface area contributed by atoms with E-state index in [2.05, 4.69) is 35.9 Å². The Kier molecular flexibility index (Phi) is 6.65. The molecule has 0 unspecified atom stereocenters. The SMILES string of the molecule is Cc1ccc(CSCCNS(=O)(=O)c2ccc3c(c2)sc(=O)n3C(C)C)cc1. The number of nitrogens with zero attached hydrogens (tertiary/aromatic N) is 1. The molecule has 0 spiro atoms. The smallest absolute Gasteiger partial charge is 0.296 e. The lowest BCUT2D eigenvalue weighted by Crippen LogP contribution is -2.26. The van der Waals surface area contributed by atoms with Gasteiger partial charge in [-0.05, 0) is 44.5 Å². The molecule has 0 aliphatic carbocycles. The second-order valence-electron chi connectivity index (χ2n) is 6.90. The Balaban J connectivity index is 1.61. The standard InChI is InChI=1S/C20H24N2O3S3/c1-14(2)22-18-9-8-17(12-19(18)27-20(22)23)28(24,25)21-10-11-26-13-16-6-4-15(3)5-7-16/h4-9,12,14,21H,10-11,13H2,1-3H3. The number of hydrogen-bond donors (Lipinski definition) is 1. The molecular weight excluding hydrogens is 412 g/mol. The fourth-order valence-electron chi connectivity index (χ4n) is 2.88. The molecule has 2 aromatic carbocycles. The average Bonchev–Trinajstić information content (AvgIpc) is 2.98. The van der Waals surface area contributed by atoms with Crippen molar-refractivity contribution in [2.45, 2.75) is 37.5 Å². The summed E-state index contributed by atoms with van der Waals surface area (Å²) >= 11 is 2.77. The van der Waals surface area contributed by atoms with Gasteiger partial charge in [0, 0.05) is 24.1 Å². The van der Waals surface area contributed by atoms with Gasteiger partial charge in [0.2, 0.25) is 10.0 Å². The third-order valence-corrected chi connectivity index (χ3v) is 7.75. The third-order valence-electron chi connectivity index (χ3n) is 4.34. The van der Waals surface area contributed by atoms with Crippen molar-refractivity contribution in [3.63, 3.8) is 0 Å². The molecule has 0 saturated carbocycles. The van der Waals surface area contributed by atoms with Gasteiger partial charge in [-0.2, -0.15) is 11.8 Å². The van der Waals surface area contributed by atoms with Gasteiger partial charge in [0.15, 0.2) is 0 Å². The minimum Gasteiger partial charge on any atom is -0.296 e. The molecule has 0 aliphatic rings. The fourth-order valence-corrected chi connectivity index (χ4v) is 6.01. The van der Waals surface area contributed by atoms with Crippen LogP contribution < -0.4 is 9.60 Å². The van der Waals surface area contributed by atoms with Crippen LogP contribution in [0.1, 0.15) is 31.0 Å². The van der Waals surface area contributed by atoms with Crippen molar-refractivity contribution in [1.82, 2.24) is 9.29 Å². The Bertz CT molecular complexity index is 1110. The van der Waals surface area contributed by atoms with E-state index >= 15 is 0 Å². The van der Waals surface area contributed by atoms with Crippen molar-refractivity contribution in [2.24, 2.45) is 0 Å². The van der Waals surface area contributed by atoms with E-state index in [1.807, 2.05) is 13.8 Å². The van der Waals surface area contributed by atoms with Crippen LogP contribution in [-0.4, -0.2) is 25.3 Å². The van der Waals surface area contributed by atoms with Crippen molar-refractivity contribution in [1.29, 1.82) is 0 Å². The number of benzene rings is 2. The largest absolute Gasteiger partial charge is 0.308 e. The van der Waals surface area contributed by atoms with Crippen molar-refractivity contribution in [3.8, 4) is 0 Å². The van der Waals surface area contributed by atoms with Gasteiger partial charge in [0.05, 0.1) is 15.1 Å². The number of aryl methyl sites for hydroxylation is 1. The van der Waals surface area contributed by atoms with Gasteiger partial charge in [0.1, 0.15) is 0 Å². The zero-order valence-electron chi connectivity index (χ0n) is 16.1. The number of rotatable bonds is 8. The van der Waals surface area contributed by atoms with Crippen LogP contribution in [0.5, 0.6) is 0 Å². The molecule has 1 N–H and O–H groups in total. The van der Waals surface area contributed by atoms with Crippen LogP contribution in [0.3, 0.4) is 0 Å². The second kappa shape index (κ2) is 8.82. The maximum atomic E-state index is 12.6. The molecule has 150 valence electrons. The minimum atomic E-state index is -3.59. The molecule has 28 heavy (non-hydrogen) atoms. The topological polar surface area (TPSA) is 68.2 Å². The number of nitrogens with one attached hydrogen (secondary N) is 1. The molecule has 3 aromatic rings. The van der Waals surface area contributed by atoms with E-state index in [0.29, 0.717) is 17.0 Å². The van der Waals surface area contributed by atoms with Gasteiger partial charge in [0.25, 0.3) is 0 Å². The predicted molar refractivity (Wildman–Crippen MR) is 119 cm³/mol. The van der Waals surface area contributed by atoms with E-state index in [-0.39, 0.29) is 15.8 Å². The molecule has 0 fully saturated rings. The molecule has 5 nitrogen and oxygen atoms in total. The average molecular weight is 437 g/mol. The van der Waals surface area contributed by atoms with E-state index < -0.39 is 10.0 Å². The van der Waals surface area contributed by atoms with E-state index in [9.17, 15) is 13.2 Å². The lowest BCUT2D eigenvalue weighted by molar-refractivity contribution is 0.584. The summed E-state index contributed by atoms with van der Waals surface area (Å²) in [5.41, 5.74) is 3.23. The third kappa shape index (κ3) is 4.86. The molecule has 3 rings (SSSR count). The Morgan fingerprint density at radius 2 is 1.86 bits per heavy atom.